The summed E-state index contributed by atoms with van der Waals surface area (Å²) in [5.41, 5.74) is 4.24. The Morgan fingerprint density at radius 1 is 1.23 bits per heavy atom. The van der Waals surface area contributed by atoms with Gasteiger partial charge in [-0.15, -0.1) is 0 Å². The predicted octanol–water partition coefficient (Wildman–Crippen LogP) is 5.52. The van der Waals surface area contributed by atoms with E-state index in [0.717, 1.165) is 38.6 Å². The zero-order valence-electron chi connectivity index (χ0n) is 17.2. The van der Waals surface area contributed by atoms with Gasteiger partial charge in [0.1, 0.15) is 5.04 Å². The van der Waals surface area contributed by atoms with E-state index >= 15 is 0 Å². The van der Waals surface area contributed by atoms with Crippen molar-refractivity contribution in [2.45, 2.75) is 34.1 Å². The van der Waals surface area contributed by atoms with Gasteiger partial charge < -0.3 is 4.57 Å². The Hall–Kier alpha value is -2.45. The van der Waals surface area contributed by atoms with Gasteiger partial charge in [0.2, 0.25) is 5.17 Å². The maximum atomic E-state index is 12.7. The number of halogens is 1. The summed E-state index contributed by atoms with van der Waals surface area (Å²) < 4.78 is 3.15. The number of amides is 1. The molecule has 0 spiro atoms. The third kappa shape index (κ3) is 3.81. The van der Waals surface area contributed by atoms with Crippen molar-refractivity contribution in [1.29, 1.82) is 5.41 Å². The van der Waals surface area contributed by atoms with E-state index in [0.29, 0.717) is 11.1 Å². The van der Waals surface area contributed by atoms with Crippen LogP contribution >= 0.6 is 27.7 Å². The zero-order chi connectivity index (χ0) is 21.6. The molecular weight excluding hydrogens is 462 g/mol. The number of aryl methyl sites for hydroxylation is 1. The van der Waals surface area contributed by atoms with Crippen molar-refractivity contribution in [3.8, 4) is 5.69 Å². The molecule has 6 nitrogen and oxygen atoms in total. The van der Waals surface area contributed by atoms with E-state index in [2.05, 4.69) is 44.4 Å². The van der Waals surface area contributed by atoms with Gasteiger partial charge in [-0.1, -0.05) is 29.8 Å². The van der Waals surface area contributed by atoms with Crippen LogP contribution in [0.2, 0.25) is 0 Å². The lowest BCUT2D eigenvalue weighted by Crippen LogP contribution is -2.35. The first-order chi connectivity index (χ1) is 14.2. The molecule has 0 atom stereocenters. The minimum atomic E-state index is -0.395. The Balaban J connectivity index is 1.70. The van der Waals surface area contributed by atoms with E-state index in [1.807, 2.05) is 44.2 Å². The van der Waals surface area contributed by atoms with Gasteiger partial charge in [0, 0.05) is 28.0 Å². The fourth-order valence-electron chi connectivity index (χ4n) is 3.54. The van der Waals surface area contributed by atoms with Gasteiger partial charge in [0.05, 0.1) is 5.57 Å². The fraction of sp³-hybridized carbons (Fsp3) is 0.273. The molecule has 0 fully saturated rings. The van der Waals surface area contributed by atoms with Gasteiger partial charge >= 0.3 is 0 Å². The van der Waals surface area contributed by atoms with Crippen molar-refractivity contribution in [3.63, 3.8) is 0 Å². The number of aliphatic imine (C=N–C) groups is 1. The second-order valence-electron chi connectivity index (χ2n) is 7.75. The molecule has 154 valence electrons. The lowest BCUT2D eigenvalue weighted by atomic mass is 10.1. The highest BCUT2D eigenvalue weighted by atomic mass is 79.9. The molecule has 1 aromatic carbocycles. The Morgan fingerprint density at radius 2 is 1.93 bits per heavy atom. The van der Waals surface area contributed by atoms with Gasteiger partial charge in [-0.3, -0.25) is 10.2 Å². The van der Waals surface area contributed by atoms with E-state index in [9.17, 15) is 4.79 Å². The maximum absolute atomic E-state index is 12.7. The lowest BCUT2D eigenvalue weighted by Gasteiger charge is -2.20. The van der Waals surface area contributed by atoms with E-state index in [-0.39, 0.29) is 11.4 Å². The number of hydrogen-bond donors (Lipinski definition) is 1. The second kappa shape index (κ2) is 8.00. The number of carbonyl (C=O) groups excluding carboxylic acids is 1. The van der Waals surface area contributed by atoms with Crippen LogP contribution in [0.3, 0.4) is 0 Å². The normalized spacial score (nSPS) is 17.7. The molecule has 2 aromatic rings. The van der Waals surface area contributed by atoms with Crippen LogP contribution in [0.5, 0.6) is 0 Å². The number of fused-ring (bicyclic) bond motifs is 1. The largest absolute Gasteiger partial charge is 0.318 e. The Bertz CT molecular complexity index is 1140. The third-order valence-electron chi connectivity index (χ3n) is 4.93. The first-order valence-corrected chi connectivity index (χ1v) is 11.3. The van der Waals surface area contributed by atoms with Gasteiger partial charge in [-0.05, 0) is 73.5 Å². The van der Waals surface area contributed by atoms with Crippen LogP contribution in [-0.2, 0) is 4.79 Å². The van der Waals surface area contributed by atoms with Gasteiger partial charge in [0.25, 0.3) is 5.91 Å². The minimum Gasteiger partial charge on any atom is -0.318 e. The van der Waals surface area contributed by atoms with E-state index < -0.39 is 5.91 Å². The molecule has 2 aliphatic rings. The van der Waals surface area contributed by atoms with Crippen molar-refractivity contribution in [2.24, 2.45) is 16.0 Å². The summed E-state index contributed by atoms with van der Waals surface area (Å²) in [5, 5.41) is 15.9. The molecular formula is C22H22BrN5OS. The molecule has 1 N–H and O–H groups in total. The minimum absolute atomic E-state index is 0.0738. The van der Waals surface area contributed by atoms with E-state index in [1.54, 1.807) is 6.08 Å². The first kappa shape index (κ1) is 20.8. The number of nitrogens with one attached hydrogen (secondary N) is 1. The molecule has 4 rings (SSSR count). The van der Waals surface area contributed by atoms with Crippen LogP contribution in [0.4, 0.5) is 0 Å². The van der Waals surface area contributed by atoms with Crippen LogP contribution in [-0.4, -0.2) is 31.5 Å². The molecule has 0 saturated heterocycles. The topological polar surface area (TPSA) is 73.8 Å². The van der Waals surface area contributed by atoms with Crippen LogP contribution in [0.25, 0.3) is 11.8 Å². The quantitative estimate of drug-likeness (QED) is 0.581. The van der Waals surface area contributed by atoms with E-state index in [4.69, 9.17) is 5.41 Å². The smallest absolute Gasteiger partial charge is 0.283 e. The highest BCUT2D eigenvalue weighted by molar-refractivity contribution is 9.10. The van der Waals surface area contributed by atoms with Gasteiger partial charge in [0.15, 0.2) is 5.84 Å². The van der Waals surface area contributed by atoms with Crippen molar-refractivity contribution >= 4 is 55.7 Å². The standard InChI is InChI=1S/C22H22BrN5OS/c1-12(2)9-19-26-28-20(24)18(21(29)25-22(28)30-19)11-15-10-13(3)27(14(15)4)17-7-5-16(23)6-8-17/h5-8,10-12,24H,9H2,1-4H3. The SMILES string of the molecule is Cc1cc(C=C2C(=N)N3N=C(CC(C)C)SC3=NC2=O)c(C)n1-c1ccc(Br)cc1. The van der Waals surface area contributed by atoms with Crippen LogP contribution in [0.15, 0.2) is 50.5 Å². The van der Waals surface area contributed by atoms with Crippen molar-refractivity contribution in [1.82, 2.24) is 9.58 Å². The first-order valence-electron chi connectivity index (χ1n) is 9.68. The summed E-state index contributed by atoms with van der Waals surface area (Å²) in [6.07, 6.45) is 2.55. The number of hydrazone groups is 1. The number of benzene rings is 1. The molecule has 0 unspecified atom stereocenters. The van der Waals surface area contributed by atoms with E-state index in [1.165, 1.54) is 16.8 Å². The highest BCUT2D eigenvalue weighted by Gasteiger charge is 2.35. The average molecular weight is 484 g/mol. The number of rotatable bonds is 4. The molecule has 1 amide bonds. The summed E-state index contributed by atoms with van der Waals surface area (Å²) in [6.45, 7) is 8.27. The van der Waals surface area contributed by atoms with Gasteiger partial charge in [-0.25, -0.2) is 0 Å². The summed E-state index contributed by atoms with van der Waals surface area (Å²) in [7, 11) is 0. The molecule has 2 aliphatic heterocycles. The summed E-state index contributed by atoms with van der Waals surface area (Å²) in [4.78, 5) is 16.9. The monoisotopic (exact) mass is 483 g/mol. The molecule has 0 bridgehead atoms. The van der Waals surface area contributed by atoms with Crippen molar-refractivity contribution in [3.05, 3.63) is 57.3 Å². The summed E-state index contributed by atoms with van der Waals surface area (Å²) in [6, 6.07) is 10.1. The number of carbonyl (C=O) groups is 1. The van der Waals surface area contributed by atoms with Crippen molar-refractivity contribution in [2.75, 3.05) is 0 Å². The summed E-state index contributed by atoms with van der Waals surface area (Å²) in [5.74, 6) is 0.125. The Labute approximate surface area is 188 Å². The molecule has 0 radical (unpaired) electrons. The molecule has 30 heavy (non-hydrogen) atoms. The molecule has 0 saturated carbocycles. The average Bonchev–Trinajstić information content (AvgIpc) is 3.19. The second-order valence-corrected chi connectivity index (χ2v) is 9.71. The molecule has 0 aliphatic carbocycles. The third-order valence-corrected chi connectivity index (χ3v) is 6.39. The van der Waals surface area contributed by atoms with Crippen LogP contribution in [0, 0.1) is 25.2 Å². The maximum Gasteiger partial charge on any atom is 0.283 e. The molecule has 8 heteroatoms. The van der Waals surface area contributed by atoms with Gasteiger partial charge in [-0.2, -0.15) is 15.1 Å². The fourth-order valence-corrected chi connectivity index (χ4v) is 4.90. The number of amidine groups is 2. The predicted molar refractivity (Wildman–Crippen MR) is 127 cm³/mol. The Kier molecular flexibility index (Phi) is 5.55. The lowest BCUT2D eigenvalue weighted by molar-refractivity contribution is -0.114. The number of thioether (sulfide) groups is 1. The zero-order valence-corrected chi connectivity index (χ0v) is 19.6. The van der Waals surface area contributed by atoms with Crippen molar-refractivity contribution < 1.29 is 4.79 Å². The molecule has 1 aromatic heterocycles. The number of nitrogens with zero attached hydrogens (tertiary/aromatic N) is 4. The summed E-state index contributed by atoms with van der Waals surface area (Å²) >= 11 is 4.85. The number of hydrogen-bond acceptors (Lipinski definition) is 4. The Morgan fingerprint density at radius 3 is 2.60 bits per heavy atom. The van der Waals surface area contributed by atoms with Crippen LogP contribution in [0.1, 0.15) is 37.2 Å². The molecule has 3 heterocycles. The van der Waals surface area contributed by atoms with Crippen LogP contribution < -0.4 is 0 Å². The highest BCUT2D eigenvalue weighted by Crippen LogP contribution is 2.31. The number of aromatic nitrogens is 1.